The van der Waals surface area contributed by atoms with Crippen LogP contribution in [0.3, 0.4) is 0 Å². The van der Waals surface area contributed by atoms with Gasteiger partial charge in [0.05, 0.1) is 35.4 Å². The fourth-order valence-corrected chi connectivity index (χ4v) is 2.31. The third-order valence-corrected chi connectivity index (χ3v) is 3.32. The first-order valence-electron chi connectivity index (χ1n) is 5.79. The van der Waals surface area contributed by atoms with Crippen LogP contribution in [0.15, 0.2) is 42.7 Å². The lowest BCUT2D eigenvalue weighted by Gasteiger charge is -2.04. The smallest absolute Gasteiger partial charge is 0.178 e. The van der Waals surface area contributed by atoms with Gasteiger partial charge in [-0.25, -0.2) is 0 Å². The van der Waals surface area contributed by atoms with Crippen molar-refractivity contribution in [1.82, 2.24) is 14.5 Å². The van der Waals surface area contributed by atoms with E-state index in [9.17, 15) is 0 Å². The van der Waals surface area contributed by atoms with Crippen molar-refractivity contribution in [3.63, 3.8) is 0 Å². The molecule has 4 nitrogen and oxygen atoms in total. The van der Waals surface area contributed by atoms with Crippen LogP contribution in [0.5, 0.6) is 0 Å². The quantitative estimate of drug-likeness (QED) is 0.725. The molecule has 0 fully saturated rings. The van der Waals surface area contributed by atoms with Crippen molar-refractivity contribution >= 4 is 23.3 Å². The molecule has 2 heterocycles. The van der Waals surface area contributed by atoms with Gasteiger partial charge < -0.3 is 9.55 Å². The van der Waals surface area contributed by atoms with Crippen LogP contribution < -0.4 is 0 Å². The molecule has 0 aliphatic heterocycles. The fourth-order valence-electron chi connectivity index (χ4n) is 2.04. The molecular weight excluding hydrogens is 256 g/mol. The number of nitrogens with one attached hydrogen (secondary N) is 1. The molecule has 19 heavy (non-hydrogen) atoms. The van der Waals surface area contributed by atoms with E-state index >= 15 is 0 Å². The fraction of sp³-hybridized carbons (Fsp3) is 0.0714. The Labute approximate surface area is 115 Å². The maximum absolute atomic E-state index is 8.79. The molecule has 5 heteroatoms. The van der Waals surface area contributed by atoms with Gasteiger partial charge in [0, 0.05) is 6.20 Å². The zero-order valence-corrected chi connectivity index (χ0v) is 10.8. The van der Waals surface area contributed by atoms with Crippen LogP contribution in [-0.2, 0) is 6.54 Å². The van der Waals surface area contributed by atoms with Crippen LogP contribution in [0.2, 0.25) is 0 Å². The van der Waals surface area contributed by atoms with E-state index in [-0.39, 0.29) is 0 Å². The van der Waals surface area contributed by atoms with Gasteiger partial charge in [-0.15, -0.1) is 0 Å². The zero-order valence-electron chi connectivity index (χ0n) is 10.00. The Bertz CT molecular complexity index is 821. The summed E-state index contributed by atoms with van der Waals surface area (Å²) in [5.74, 6) is 0. The second kappa shape index (κ2) is 4.67. The van der Waals surface area contributed by atoms with Crippen LogP contribution in [0.4, 0.5) is 0 Å². The van der Waals surface area contributed by atoms with E-state index in [1.807, 2.05) is 34.9 Å². The lowest BCUT2D eigenvalue weighted by atomic mass is 10.1. The summed E-state index contributed by atoms with van der Waals surface area (Å²) in [6, 6.07) is 11.6. The van der Waals surface area contributed by atoms with Gasteiger partial charge in [0.2, 0.25) is 0 Å². The Kier molecular flexibility index (Phi) is 2.86. The number of pyridine rings is 1. The van der Waals surface area contributed by atoms with Crippen LogP contribution in [0, 0.1) is 16.1 Å². The topological polar surface area (TPSA) is 57.4 Å². The Hall–Kier alpha value is -2.45. The van der Waals surface area contributed by atoms with Gasteiger partial charge >= 0.3 is 0 Å². The summed E-state index contributed by atoms with van der Waals surface area (Å²) < 4.78 is 2.70. The summed E-state index contributed by atoms with van der Waals surface area (Å²) in [5.41, 5.74) is 3.73. The molecule has 0 bridgehead atoms. The Morgan fingerprint density at radius 1 is 1.26 bits per heavy atom. The average molecular weight is 266 g/mol. The van der Waals surface area contributed by atoms with Crippen molar-refractivity contribution in [3.8, 4) is 6.07 Å². The summed E-state index contributed by atoms with van der Waals surface area (Å²) in [5, 5.41) is 8.79. The summed E-state index contributed by atoms with van der Waals surface area (Å²) in [4.78, 5) is 7.20. The molecule has 3 aromatic rings. The van der Waals surface area contributed by atoms with Crippen LogP contribution in [0.25, 0.3) is 11.0 Å². The maximum atomic E-state index is 8.79. The highest BCUT2D eigenvalue weighted by Gasteiger charge is 2.04. The summed E-state index contributed by atoms with van der Waals surface area (Å²) in [6.45, 7) is 0.675. The molecule has 0 spiro atoms. The van der Waals surface area contributed by atoms with E-state index in [1.165, 1.54) is 0 Å². The highest BCUT2D eigenvalue weighted by atomic mass is 32.1. The van der Waals surface area contributed by atoms with Gasteiger partial charge in [-0.2, -0.15) is 5.26 Å². The Morgan fingerprint density at radius 2 is 2.05 bits per heavy atom. The number of benzene rings is 1. The molecule has 0 radical (unpaired) electrons. The molecule has 0 amide bonds. The minimum absolute atomic E-state index is 0.662. The molecule has 2 aromatic heterocycles. The molecule has 1 aromatic carbocycles. The molecule has 0 saturated carbocycles. The van der Waals surface area contributed by atoms with E-state index in [1.54, 1.807) is 12.4 Å². The number of nitriles is 1. The number of hydrogen-bond acceptors (Lipinski definition) is 3. The number of hydrogen-bond donors (Lipinski definition) is 1. The van der Waals surface area contributed by atoms with Gasteiger partial charge in [0.15, 0.2) is 4.77 Å². The summed E-state index contributed by atoms with van der Waals surface area (Å²) in [7, 11) is 0. The molecule has 0 aliphatic rings. The van der Waals surface area contributed by atoms with Crippen molar-refractivity contribution < 1.29 is 0 Å². The average Bonchev–Trinajstić information content (AvgIpc) is 2.76. The first kappa shape index (κ1) is 11.6. The van der Waals surface area contributed by atoms with Crippen LogP contribution >= 0.6 is 12.2 Å². The van der Waals surface area contributed by atoms with E-state index < -0.39 is 0 Å². The van der Waals surface area contributed by atoms with Crippen molar-refractivity contribution in [2.45, 2.75) is 6.54 Å². The van der Waals surface area contributed by atoms with E-state index in [0.717, 1.165) is 16.6 Å². The van der Waals surface area contributed by atoms with Gasteiger partial charge in [0.25, 0.3) is 0 Å². The lowest BCUT2D eigenvalue weighted by molar-refractivity contribution is 0.810. The van der Waals surface area contributed by atoms with E-state index in [4.69, 9.17) is 17.5 Å². The third kappa shape index (κ3) is 2.14. The first-order chi connectivity index (χ1) is 9.28. The van der Waals surface area contributed by atoms with E-state index in [2.05, 4.69) is 16.0 Å². The van der Waals surface area contributed by atoms with Crippen molar-refractivity contribution in [3.05, 3.63) is 58.6 Å². The predicted molar refractivity (Wildman–Crippen MR) is 75.2 cm³/mol. The van der Waals surface area contributed by atoms with Gasteiger partial charge in [-0.3, -0.25) is 4.98 Å². The van der Waals surface area contributed by atoms with Crippen molar-refractivity contribution in [1.29, 1.82) is 5.26 Å². The number of imidazole rings is 1. The van der Waals surface area contributed by atoms with Crippen molar-refractivity contribution in [2.24, 2.45) is 0 Å². The van der Waals surface area contributed by atoms with Crippen LogP contribution in [0.1, 0.15) is 11.1 Å². The molecule has 3 rings (SSSR count). The Balaban J connectivity index is 2.03. The number of H-pyrrole nitrogens is 1. The molecular formula is C14H10N4S. The monoisotopic (exact) mass is 266 g/mol. The second-order valence-corrected chi connectivity index (χ2v) is 4.60. The number of nitrogens with zero attached hydrogens (tertiary/aromatic N) is 3. The maximum Gasteiger partial charge on any atom is 0.178 e. The minimum Gasteiger partial charge on any atom is -0.329 e. The predicted octanol–water partition coefficient (Wildman–Crippen LogP) is 3.01. The summed E-state index contributed by atoms with van der Waals surface area (Å²) in [6.07, 6.45) is 3.51. The first-order valence-corrected chi connectivity index (χ1v) is 6.20. The second-order valence-electron chi connectivity index (χ2n) is 4.22. The zero-order chi connectivity index (χ0) is 13.2. The molecule has 0 aliphatic carbocycles. The number of fused-ring (bicyclic) bond motifs is 1. The standard InChI is InChI=1S/C14H10N4S/c15-7-10-1-3-11(4-2-10)9-18-13-5-6-16-8-12(13)17-14(18)19/h1-6,8H,9H2,(H,17,19). The van der Waals surface area contributed by atoms with Gasteiger partial charge in [0.1, 0.15) is 0 Å². The normalized spacial score (nSPS) is 10.5. The SMILES string of the molecule is N#Cc1ccc(Cn2c(=S)[nH]c3cnccc32)cc1. The molecule has 0 saturated heterocycles. The van der Waals surface area contributed by atoms with Crippen LogP contribution in [-0.4, -0.2) is 14.5 Å². The lowest BCUT2D eigenvalue weighted by Crippen LogP contribution is -1.99. The minimum atomic E-state index is 0.662. The highest BCUT2D eigenvalue weighted by Crippen LogP contribution is 2.14. The molecule has 92 valence electrons. The number of rotatable bonds is 2. The van der Waals surface area contributed by atoms with Crippen molar-refractivity contribution in [2.75, 3.05) is 0 Å². The van der Waals surface area contributed by atoms with Gasteiger partial charge in [-0.05, 0) is 36.0 Å². The number of aromatic amines is 1. The Morgan fingerprint density at radius 3 is 2.79 bits per heavy atom. The molecule has 1 N–H and O–H groups in total. The van der Waals surface area contributed by atoms with E-state index in [0.29, 0.717) is 16.9 Å². The highest BCUT2D eigenvalue weighted by molar-refractivity contribution is 7.71. The number of aromatic nitrogens is 3. The van der Waals surface area contributed by atoms with Gasteiger partial charge in [-0.1, -0.05) is 12.1 Å². The molecule has 0 unspecified atom stereocenters. The summed E-state index contributed by atoms with van der Waals surface area (Å²) >= 11 is 5.33. The third-order valence-electron chi connectivity index (χ3n) is 3.00. The molecule has 0 atom stereocenters. The largest absolute Gasteiger partial charge is 0.329 e.